The van der Waals surface area contributed by atoms with E-state index in [0.717, 1.165) is 28.4 Å². The average molecular weight is 494 g/mol. The molecule has 3 heterocycles. The molecule has 7 aromatic rings. The number of nitrogens with zero attached hydrogens (tertiary/aromatic N) is 3. The number of hydrogen-bond donors (Lipinski definition) is 0. The fraction of sp³-hybridized carbons (Fsp3) is 0.0606. The molecular formula is C33H23N3S. The molecule has 0 fully saturated rings. The molecule has 1 aliphatic carbocycles. The molecule has 0 saturated carbocycles. The van der Waals surface area contributed by atoms with Crippen molar-refractivity contribution < 1.29 is 0 Å². The van der Waals surface area contributed by atoms with Crippen LogP contribution in [0.3, 0.4) is 0 Å². The second kappa shape index (κ2) is 8.05. The van der Waals surface area contributed by atoms with Crippen LogP contribution in [0.5, 0.6) is 0 Å². The Labute approximate surface area is 218 Å². The summed E-state index contributed by atoms with van der Waals surface area (Å²) < 4.78 is 4.86. The van der Waals surface area contributed by atoms with E-state index in [-0.39, 0.29) is 0 Å². The Morgan fingerprint density at radius 3 is 2.00 bits per heavy atom. The Hall–Kier alpha value is -4.41. The van der Waals surface area contributed by atoms with Crippen LogP contribution in [0.25, 0.3) is 64.9 Å². The van der Waals surface area contributed by atoms with Gasteiger partial charge < -0.3 is 4.57 Å². The highest BCUT2D eigenvalue weighted by Crippen LogP contribution is 2.41. The van der Waals surface area contributed by atoms with Crippen LogP contribution < -0.4 is 0 Å². The van der Waals surface area contributed by atoms with Crippen LogP contribution in [0.2, 0.25) is 0 Å². The predicted octanol–water partition coefficient (Wildman–Crippen LogP) is 9.21. The minimum atomic E-state index is 1.04. The van der Waals surface area contributed by atoms with Gasteiger partial charge in [0.25, 0.3) is 0 Å². The van der Waals surface area contributed by atoms with Crippen molar-refractivity contribution >= 4 is 60.6 Å². The van der Waals surface area contributed by atoms with Gasteiger partial charge in [0.2, 0.25) is 0 Å². The van der Waals surface area contributed by atoms with Gasteiger partial charge in [0.15, 0.2) is 0 Å². The summed E-state index contributed by atoms with van der Waals surface area (Å²) in [5.41, 5.74) is 7.48. The number of fused-ring (bicyclic) bond motifs is 6. The summed E-state index contributed by atoms with van der Waals surface area (Å²) in [5, 5.41) is 7.29. The molecular weight excluding hydrogens is 470 g/mol. The summed E-state index contributed by atoms with van der Waals surface area (Å²) >= 11 is 1.74. The number of aromatic nitrogens is 3. The Kier molecular flexibility index (Phi) is 4.52. The quantitative estimate of drug-likeness (QED) is 0.240. The highest BCUT2D eigenvalue weighted by Gasteiger charge is 2.20. The van der Waals surface area contributed by atoms with Gasteiger partial charge >= 0.3 is 0 Å². The lowest BCUT2D eigenvalue weighted by Crippen LogP contribution is -1.98. The Bertz CT molecular complexity index is 2030. The number of para-hydroxylation sites is 2. The highest BCUT2D eigenvalue weighted by molar-refractivity contribution is 7.17. The third-order valence-electron chi connectivity index (χ3n) is 7.48. The van der Waals surface area contributed by atoms with Crippen LogP contribution in [0.1, 0.15) is 12.8 Å². The first-order chi connectivity index (χ1) is 18.4. The molecule has 0 atom stereocenters. The molecule has 3 nitrogen and oxygen atoms in total. The van der Waals surface area contributed by atoms with Gasteiger partial charge in [-0.3, -0.25) is 4.57 Å². The van der Waals surface area contributed by atoms with Crippen molar-refractivity contribution in [2.75, 3.05) is 0 Å². The van der Waals surface area contributed by atoms with Crippen molar-refractivity contribution in [2.45, 2.75) is 12.8 Å². The van der Waals surface area contributed by atoms with Gasteiger partial charge in [-0.05, 0) is 43.2 Å². The first kappa shape index (κ1) is 20.7. The normalized spacial score (nSPS) is 13.8. The topological polar surface area (TPSA) is 22.8 Å². The van der Waals surface area contributed by atoms with Crippen molar-refractivity contribution in [1.29, 1.82) is 0 Å². The van der Waals surface area contributed by atoms with Crippen LogP contribution in [0, 0.1) is 0 Å². The van der Waals surface area contributed by atoms with Crippen LogP contribution in [0.15, 0.2) is 115 Å². The maximum Gasteiger partial charge on any atom is 0.125 e. The fourth-order valence-corrected chi connectivity index (χ4v) is 6.79. The maximum absolute atomic E-state index is 4.81. The SMILES string of the molecule is C1=CCCC(n2c3ccccc3c3cc4c(cc32)c2ccccc2n4-c2cnc(-c3ccccc3)s2)=C1. The first-order valence-corrected chi connectivity index (χ1v) is 13.5. The molecule has 0 unspecified atom stereocenters. The van der Waals surface area contributed by atoms with E-state index < -0.39 is 0 Å². The third kappa shape index (κ3) is 3.09. The molecule has 4 heteroatoms. The zero-order valence-electron chi connectivity index (χ0n) is 20.1. The van der Waals surface area contributed by atoms with Gasteiger partial charge in [-0.2, -0.15) is 0 Å². The monoisotopic (exact) mass is 493 g/mol. The van der Waals surface area contributed by atoms with Crippen LogP contribution in [0.4, 0.5) is 0 Å². The van der Waals surface area contributed by atoms with Crippen LogP contribution in [-0.4, -0.2) is 14.1 Å². The minimum Gasteiger partial charge on any atom is -0.313 e. The van der Waals surface area contributed by atoms with E-state index in [2.05, 4.69) is 112 Å². The number of rotatable bonds is 3. The van der Waals surface area contributed by atoms with Gasteiger partial charge in [0.1, 0.15) is 10.0 Å². The zero-order chi connectivity index (χ0) is 24.3. The van der Waals surface area contributed by atoms with E-state index in [1.807, 2.05) is 12.3 Å². The standard InChI is InChI=1S/C33H23N3S/c1-3-11-22(12-4-1)33-34-21-32(37-33)36-29-18-10-8-16-25(29)27-19-30-26(20-31(27)36)24-15-7-9-17-28(24)35(30)23-13-5-2-6-14-23/h1-5,7-13,15-21H,6,14H2. The van der Waals surface area contributed by atoms with Gasteiger partial charge in [0.05, 0.1) is 28.3 Å². The lowest BCUT2D eigenvalue weighted by Gasteiger charge is -2.14. The summed E-state index contributed by atoms with van der Waals surface area (Å²) in [6.45, 7) is 0. The van der Waals surface area contributed by atoms with Crippen molar-refractivity contribution in [1.82, 2.24) is 14.1 Å². The van der Waals surface area contributed by atoms with Gasteiger partial charge in [-0.15, -0.1) is 0 Å². The average Bonchev–Trinajstić information content (AvgIpc) is 3.65. The number of benzene rings is 4. The van der Waals surface area contributed by atoms with Crippen molar-refractivity contribution in [3.05, 3.63) is 115 Å². The first-order valence-electron chi connectivity index (χ1n) is 12.7. The molecule has 0 bridgehead atoms. The Morgan fingerprint density at radius 1 is 0.649 bits per heavy atom. The molecule has 176 valence electrons. The molecule has 8 rings (SSSR count). The number of allylic oxidation sites excluding steroid dienone is 4. The molecule has 0 N–H and O–H groups in total. The predicted molar refractivity (Wildman–Crippen MR) is 158 cm³/mol. The van der Waals surface area contributed by atoms with Crippen molar-refractivity contribution in [2.24, 2.45) is 0 Å². The molecule has 1 aliphatic rings. The van der Waals surface area contributed by atoms with Gasteiger partial charge in [-0.25, -0.2) is 4.98 Å². The lowest BCUT2D eigenvalue weighted by molar-refractivity contribution is 0.979. The van der Waals surface area contributed by atoms with Crippen LogP contribution >= 0.6 is 11.3 Å². The summed E-state index contributed by atoms with van der Waals surface area (Å²) in [7, 11) is 0. The maximum atomic E-state index is 4.81. The minimum absolute atomic E-state index is 1.04. The molecule has 0 aliphatic heterocycles. The van der Waals surface area contributed by atoms with Crippen LogP contribution in [-0.2, 0) is 0 Å². The van der Waals surface area contributed by atoms with E-state index in [0.29, 0.717) is 0 Å². The largest absolute Gasteiger partial charge is 0.313 e. The summed E-state index contributed by atoms with van der Waals surface area (Å²) in [5.74, 6) is 0. The van der Waals surface area contributed by atoms with E-state index in [9.17, 15) is 0 Å². The van der Waals surface area contributed by atoms with E-state index in [1.54, 1.807) is 11.3 Å². The fourth-order valence-electron chi connectivity index (χ4n) is 5.84. The van der Waals surface area contributed by atoms with Crippen molar-refractivity contribution in [3.8, 4) is 15.6 Å². The third-order valence-corrected chi connectivity index (χ3v) is 8.51. The highest BCUT2D eigenvalue weighted by atomic mass is 32.1. The number of thiazole rings is 1. The molecule has 3 aromatic heterocycles. The van der Waals surface area contributed by atoms with Gasteiger partial charge in [0, 0.05) is 32.8 Å². The molecule has 4 aromatic carbocycles. The smallest absolute Gasteiger partial charge is 0.125 e. The number of hydrogen-bond acceptors (Lipinski definition) is 2. The Morgan fingerprint density at radius 2 is 1.30 bits per heavy atom. The van der Waals surface area contributed by atoms with Gasteiger partial charge in [-0.1, -0.05) is 90.2 Å². The Balaban J connectivity index is 1.46. The molecule has 37 heavy (non-hydrogen) atoms. The summed E-state index contributed by atoms with van der Waals surface area (Å²) in [6.07, 6.45) is 10.9. The second-order valence-electron chi connectivity index (χ2n) is 9.59. The molecule has 0 spiro atoms. The molecule has 0 amide bonds. The van der Waals surface area contributed by atoms with E-state index in [1.165, 1.54) is 49.3 Å². The van der Waals surface area contributed by atoms with E-state index in [4.69, 9.17) is 4.98 Å². The zero-order valence-corrected chi connectivity index (χ0v) is 21.0. The summed E-state index contributed by atoms with van der Waals surface area (Å²) in [4.78, 5) is 4.81. The molecule has 0 saturated heterocycles. The lowest BCUT2D eigenvalue weighted by atomic mass is 10.1. The van der Waals surface area contributed by atoms with E-state index >= 15 is 0 Å². The van der Waals surface area contributed by atoms with Crippen molar-refractivity contribution in [3.63, 3.8) is 0 Å². The summed E-state index contributed by atoms with van der Waals surface area (Å²) in [6, 6.07) is 32.8. The molecule has 0 radical (unpaired) electrons. The second-order valence-corrected chi connectivity index (χ2v) is 10.6.